The van der Waals surface area contributed by atoms with Gasteiger partial charge in [0, 0.05) is 17.9 Å². The number of benzene rings is 1. The number of rotatable bonds is 6. The van der Waals surface area contributed by atoms with E-state index in [1.807, 2.05) is 0 Å². The maximum absolute atomic E-state index is 11.2. The second kappa shape index (κ2) is 5.69. The van der Waals surface area contributed by atoms with Crippen LogP contribution in [0.3, 0.4) is 0 Å². The summed E-state index contributed by atoms with van der Waals surface area (Å²) in [5, 5.41) is 7.77. The first-order valence-electron chi connectivity index (χ1n) is 5.23. The molecule has 0 heterocycles. The van der Waals surface area contributed by atoms with E-state index < -0.39 is 15.9 Å². The van der Waals surface area contributed by atoms with Gasteiger partial charge in [0.25, 0.3) is 5.91 Å². The summed E-state index contributed by atoms with van der Waals surface area (Å²) in [4.78, 5) is 11.2. The van der Waals surface area contributed by atoms with Gasteiger partial charge < -0.3 is 16.8 Å². The van der Waals surface area contributed by atoms with E-state index in [0.29, 0.717) is 29.9 Å². The van der Waals surface area contributed by atoms with Crippen LogP contribution in [0.15, 0.2) is 18.2 Å². The molecule has 1 rings (SSSR count). The van der Waals surface area contributed by atoms with Crippen molar-refractivity contribution in [3.8, 4) is 0 Å². The zero-order chi connectivity index (χ0) is 13.8. The third kappa shape index (κ3) is 4.60. The highest BCUT2D eigenvalue weighted by Gasteiger charge is 2.08. The van der Waals surface area contributed by atoms with Crippen molar-refractivity contribution in [1.82, 2.24) is 0 Å². The van der Waals surface area contributed by atoms with E-state index in [9.17, 15) is 13.2 Å². The number of primary sulfonamides is 1. The Balaban J connectivity index is 2.66. The molecule has 100 valence electrons. The molecule has 7 N–H and O–H groups in total. The molecule has 0 fully saturated rings. The van der Waals surface area contributed by atoms with Gasteiger partial charge in [0.2, 0.25) is 10.0 Å². The maximum atomic E-state index is 11.2. The molecule has 0 radical (unpaired) electrons. The van der Waals surface area contributed by atoms with Crippen LogP contribution < -0.4 is 21.9 Å². The molecule has 0 unspecified atom stereocenters. The molecule has 0 aliphatic carbocycles. The van der Waals surface area contributed by atoms with Crippen LogP contribution in [-0.2, 0) is 10.0 Å². The van der Waals surface area contributed by atoms with Gasteiger partial charge in [0.15, 0.2) is 0 Å². The molecule has 0 saturated heterocycles. The molecule has 1 aromatic carbocycles. The van der Waals surface area contributed by atoms with Crippen molar-refractivity contribution in [2.24, 2.45) is 10.9 Å². The van der Waals surface area contributed by atoms with E-state index in [1.54, 1.807) is 12.1 Å². The number of anilines is 2. The zero-order valence-corrected chi connectivity index (χ0v) is 10.5. The minimum Gasteiger partial charge on any atom is -0.399 e. The Kier molecular flexibility index (Phi) is 4.51. The largest absolute Gasteiger partial charge is 0.399 e. The van der Waals surface area contributed by atoms with Gasteiger partial charge in [-0.3, -0.25) is 4.79 Å². The molecule has 0 bridgehead atoms. The number of carbonyl (C=O) groups is 1. The fourth-order valence-corrected chi connectivity index (χ4v) is 1.97. The first-order valence-corrected chi connectivity index (χ1v) is 6.95. The Hall–Kier alpha value is -1.80. The van der Waals surface area contributed by atoms with Crippen molar-refractivity contribution >= 4 is 27.3 Å². The highest BCUT2D eigenvalue weighted by molar-refractivity contribution is 7.89. The third-order valence-corrected chi connectivity index (χ3v) is 3.09. The highest BCUT2D eigenvalue weighted by Crippen LogP contribution is 2.18. The van der Waals surface area contributed by atoms with Crippen LogP contribution in [0, 0.1) is 0 Å². The van der Waals surface area contributed by atoms with Gasteiger partial charge >= 0.3 is 0 Å². The first kappa shape index (κ1) is 14.3. The lowest BCUT2D eigenvalue weighted by molar-refractivity contribution is 0.100. The predicted octanol–water partition coefficient (Wildman–Crippen LogP) is -0.542. The van der Waals surface area contributed by atoms with Gasteiger partial charge in [-0.15, -0.1) is 0 Å². The first-order chi connectivity index (χ1) is 8.29. The van der Waals surface area contributed by atoms with E-state index in [4.69, 9.17) is 16.6 Å². The Bertz CT molecular complexity index is 542. The second-order valence-electron chi connectivity index (χ2n) is 3.82. The number of primary amides is 1. The summed E-state index contributed by atoms with van der Waals surface area (Å²) in [7, 11) is -3.47. The summed E-state index contributed by atoms with van der Waals surface area (Å²) < 4.78 is 21.5. The lowest BCUT2D eigenvalue weighted by Gasteiger charge is -2.10. The molecular formula is C10H16N4O3S. The Morgan fingerprint density at radius 1 is 1.33 bits per heavy atom. The fraction of sp³-hybridized carbons (Fsp3) is 0.300. The lowest BCUT2D eigenvalue weighted by atomic mass is 10.1. The van der Waals surface area contributed by atoms with Crippen LogP contribution in [-0.4, -0.2) is 26.6 Å². The Morgan fingerprint density at radius 3 is 2.56 bits per heavy atom. The normalized spacial score (nSPS) is 11.2. The molecular weight excluding hydrogens is 256 g/mol. The van der Waals surface area contributed by atoms with Crippen LogP contribution in [0.1, 0.15) is 16.8 Å². The SMILES string of the molecule is NC(=O)c1ccc(N)cc1NCCCS(N)(=O)=O. The molecule has 0 atom stereocenters. The number of hydrogen-bond donors (Lipinski definition) is 4. The van der Waals surface area contributed by atoms with E-state index in [-0.39, 0.29) is 5.75 Å². The molecule has 1 amide bonds. The summed E-state index contributed by atoms with van der Waals surface area (Å²) in [6.07, 6.45) is 0.325. The van der Waals surface area contributed by atoms with Gasteiger partial charge in [-0.25, -0.2) is 13.6 Å². The summed E-state index contributed by atoms with van der Waals surface area (Å²) in [5.41, 5.74) is 12.1. The standard InChI is InChI=1S/C10H16N4O3S/c11-7-2-3-8(10(12)15)9(6-7)14-4-1-5-18(13,16)17/h2-3,6,14H,1,4-5,11H2,(H2,12,15)(H2,13,16,17). The predicted molar refractivity (Wildman–Crippen MR) is 70.5 cm³/mol. The van der Waals surface area contributed by atoms with Gasteiger partial charge in [0.05, 0.1) is 11.3 Å². The van der Waals surface area contributed by atoms with E-state index in [0.717, 1.165) is 0 Å². The molecule has 0 spiro atoms. The lowest BCUT2D eigenvalue weighted by Crippen LogP contribution is -2.20. The topological polar surface area (TPSA) is 141 Å². The molecule has 7 nitrogen and oxygen atoms in total. The quantitative estimate of drug-likeness (QED) is 0.406. The zero-order valence-electron chi connectivity index (χ0n) is 9.72. The van der Waals surface area contributed by atoms with Gasteiger partial charge in [0.1, 0.15) is 0 Å². The molecule has 0 aliphatic rings. The van der Waals surface area contributed by atoms with Gasteiger partial charge in [-0.2, -0.15) is 0 Å². The smallest absolute Gasteiger partial charge is 0.250 e. The molecule has 1 aromatic rings. The number of amides is 1. The average molecular weight is 272 g/mol. The third-order valence-electron chi connectivity index (χ3n) is 2.23. The van der Waals surface area contributed by atoms with Crippen LogP contribution in [0.2, 0.25) is 0 Å². The minimum atomic E-state index is -3.47. The number of carbonyl (C=O) groups excluding carboxylic acids is 1. The van der Waals surface area contributed by atoms with E-state index >= 15 is 0 Å². The summed E-state index contributed by atoms with van der Waals surface area (Å²) in [6.45, 7) is 0.347. The van der Waals surface area contributed by atoms with Crippen LogP contribution in [0.4, 0.5) is 11.4 Å². The monoisotopic (exact) mass is 272 g/mol. The Labute approximate surface area is 105 Å². The van der Waals surface area contributed by atoms with E-state index in [2.05, 4.69) is 5.32 Å². The van der Waals surface area contributed by atoms with Gasteiger partial charge in [-0.05, 0) is 24.6 Å². The van der Waals surface area contributed by atoms with Crippen molar-refractivity contribution in [3.05, 3.63) is 23.8 Å². The summed E-state index contributed by atoms with van der Waals surface area (Å²) >= 11 is 0. The fourth-order valence-electron chi connectivity index (χ4n) is 1.42. The molecule has 18 heavy (non-hydrogen) atoms. The number of nitrogen functional groups attached to an aromatic ring is 1. The van der Waals surface area contributed by atoms with Crippen molar-refractivity contribution in [1.29, 1.82) is 0 Å². The van der Waals surface area contributed by atoms with E-state index in [1.165, 1.54) is 6.07 Å². The van der Waals surface area contributed by atoms with Crippen molar-refractivity contribution < 1.29 is 13.2 Å². The summed E-state index contributed by atoms with van der Waals surface area (Å²) in [5.74, 6) is -0.710. The van der Waals surface area contributed by atoms with Crippen LogP contribution in [0.25, 0.3) is 0 Å². The molecule has 0 saturated carbocycles. The van der Waals surface area contributed by atoms with Gasteiger partial charge in [-0.1, -0.05) is 0 Å². The number of hydrogen-bond acceptors (Lipinski definition) is 5. The average Bonchev–Trinajstić information content (AvgIpc) is 2.22. The molecule has 8 heteroatoms. The second-order valence-corrected chi connectivity index (χ2v) is 5.55. The minimum absolute atomic E-state index is 0.131. The number of nitrogens with two attached hydrogens (primary N) is 3. The Morgan fingerprint density at radius 2 is 2.00 bits per heavy atom. The van der Waals surface area contributed by atoms with Crippen molar-refractivity contribution in [2.45, 2.75) is 6.42 Å². The van der Waals surface area contributed by atoms with Crippen molar-refractivity contribution in [2.75, 3.05) is 23.3 Å². The van der Waals surface area contributed by atoms with Crippen molar-refractivity contribution in [3.63, 3.8) is 0 Å². The maximum Gasteiger partial charge on any atom is 0.250 e. The molecule has 0 aromatic heterocycles. The molecule has 0 aliphatic heterocycles. The summed E-state index contributed by atoms with van der Waals surface area (Å²) in [6, 6.07) is 4.65. The highest BCUT2D eigenvalue weighted by atomic mass is 32.2. The number of sulfonamides is 1. The van der Waals surface area contributed by atoms with Crippen LogP contribution in [0.5, 0.6) is 0 Å². The number of nitrogens with one attached hydrogen (secondary N) is 1. The van der Waals surface area contributed by atoms with Crippen LogP contribution >= 0.6 is 0 Å².